The van der Waals surface area contributed by atoms with Crippen LogP contribution in [0.25, 0.3) is 0 Å². The molecule has 20 heavy (non-hydrogen) atoms. The predicted molar refractivity (Wildman–Crippen MR) is 88.9 cm³/mol. The van der Waals surface area contributed by atoms with Gasteiger partial charge in [0.1, 0.15) is 0 Å². The zero-order chi connectivity index (χ0) is 15.3. The lowest BCUT2D eigenvalue weighted by Gasteiger charge is -2.28. The Morgan fingerprint density at radius 1 is 1.05 bits per heavy atom. The van der Waals surface area contributed by atoms with Crippen molar-refractivity contribution >= 4 is 0 Å². The Morgan fingerprint density at radius 3 is 2.15 bits per heavy atom. The second-order valence-corrected chi connectivity index (χ2v) is 6.64. The molecule has 0 saturated carbocycles. The fourth-order valence-corrected chi connectivity index (χ4v) is 2.99. The quantitative estimate of drug-likeness (QED) is 0.794. The second-order valence-electron chi connectivity index (χ2n) is 6.64. The Bertz CT molecular complexity index is 402. The van der Waals surface area contributed by atoms with Gasteiger partial charge in [-0.2, -0.15) is 0 Å². The van der Waals surface area contributed by atoms with Crippen molar-refractivity contribution in [3.05, 3.63) is 34.9 Å². The van der Waals surface area contributed by atoms with Gasteiger partial charge in [-0.1, -0.05) is 45.9 Å². The first-order valence-electron chi connectivity index (χ1n) is 7.88. The highest BCUT2D eigenvalue weighted by Crippen LogP contribution is 2.23. The summed E-state index contributed by atoms with van der Waals surface area (Å²) in [6.45, 7) is 15.3. The minimum Gasteiger partial charge on any atom is -0.329 e. The molecule has 0 aliphatic carbocycles. The number of rotatable bonds is 7. The van der Waals surface area contributed by atoms with Crippen LogP contribution in [0.15, 0.2) is 18.2 Å². The summed E-state index contributed by atoms with van der Waals surface area (Å²) in [5.41, 5.74) is 10.0. The summed E-state index contributed by atoms with van der Waals surface area (Å²) in [5, 5.41) is 3.69. The van der Waals surface area contributed by atoms with E-state index >= 15 is 0 Å². The second kappa shape index (κ2) is 7.80. The molecular weight excluding hydrogens is 244 g/mol. The molecule has 0 heterocycles. The topological polar surface area (TPSA) is 38.0 Å². The molecule has 0 amide bonds. The highest BCUT2D eigenvalue weighted by atomic mass is 14.9. The maximum Gasteiger partial charge on any atom is 0.0447 e. The van der Waals surface area contributed by atoms with Crippen molar-refractivity contribution in [1.29, 1.82) is 0 Å². The average molecular weight is 276 g/mol. The molecular formula is C18H32N2. The van der Waals surface area contributed by atoms with Gasteiger partial charge in [0.05, 0.1) is 0 Å². The van der Waals surface area contributed by atoms with Gasteiger partial charge in [0.15, 0.2) is 0 Å². The summed E-state index contributed by atoms with van der Waals surface area (Å²) in [7, 11) is 0. The molecule has 0 aliphatic heterocycles. The van der Waals surface area contributed by atoms with E-state index in [-0.39, 0.29) is 6.04 Å². The van der Waals surface area contributed by atoms with Crippen molar-refractivity contribution in [3.8, 4) is 0 Å². The number of nitrogens with two attached hydrogens (primary N) is 1. The summed E-state index contributed by atoms with van der Waals surface area (Å²) in [6.07, 6.45) is 0. The maximum atomic E-state index is 6.00. The molecule has 3 N–H and O–H groups in total. The van der Waals surface area contributed by atoms with E-state index in [1.54, 1.807) is 0 Å². The van der Waals surface area contributed by atoms with Crippen LogP contribution in [0.3, 0.4) is 0 Å². The van der Waals surface area contributed by atoms with Gasteiger partial charge < -0.3 is 11.1 Å². The number of benzene rings is 1. The zero-order valence-corrected chi connectivity index (χ0v) is 14.0. The lowest BCUT2D eigenvalue weighted by molar-refractivity contribution is 0.266. The zero-order valence-electron chi connectivity index (χ0n) is 14.0. The van der Waals surface area contributed by atoms with Crippen LogP contribution in [0, 0.1) is 31.6 Å². The molecule has 2 heteroatoms. The van der Waals surface area contributed by atoms with E-state index in [9.17, 15) is 0 Å². The van der Waals surface area contributed by atoms with Crippen molar-refractivity contribution in [2.75, 3.05) is 13.1 Å². The molecule has 1 aromatic rings. The van der Waals surface area contributed by atoms with Gasteiger partial charge in [-0.3, -0.25) is 0 Å². The molecule has 0 fully saturated rings. The largest absolute Gasteiger partial charge is 0.329 e. The van der Waals surface area contributed by atoms with E-state index in [4.69, 9.17) is 5.73 Å². The van der Waals surface area contributed by atoms with Gasteiger partial charge in [0.25, 0.3) is 0 Å². The highest BCUT2D eigenvalue weighted by molar-refractivity contribution is 5.35. The van der Waals surface area contributed by atoms with Crippen LogP contribution in [-0.2, 0) is 0 Å². The third-order valence-electron chi connectivity index (χ3n) is 4.57. The monoisotopic (exact) mass is 276 g/mol. The third kappa shape index (κ3) is 4.32. The minimum atomic E-state index is 0.259. The number of aryl methyl sites for hydroxylation is 1. The smallest absolute Gasteiger partial charge is 0.0447 e. The summed E-state index contributed by atoms with van der Waals surface area (Å²) < 4.78 is 0. The average Bonchev–Trinajstić information content (AvgIpc) is 2.37. The Labute approximate surface area is 125 Å². The molecule has 1 rings (SSSR count). The van der Waals surface area contributed by atoms with Crippen LogP contribution >= 0.6 is 0 Å². The molecule has 1 aromatic carbocycles. The van der Waals surface area contributed by atoms with E-state index in [0.717, 1.165) is 6.54 Å². The van der Waals surface area contributed by atoms with Crippen molar-refractivity contribution in [2.24, 2.45) is 23.5 Å². The predicted octanol–water partition coefficient (Wildman–Crippen LogP) is 3.82. The Balaban J connectivity index is 2.79. The summed E-state index contributed by atoms with van der Waals surface area (Å²) in [5.74, 6) is 2.08. The molecule has 1 unspecified atom stereocenters. The van der Waals surface area contributed by atoms with Gasteiger partial charge in [-0.05, 0) is 54.8 Å². The van der Waals surface area contributed by atoms with Crippen molar-refractivity contribution in [2.45, 2.75) is 47.6 Å². The molecule has 0 aromatic heterocycles. The molecule has 1 atom stereocenters. The van der Waals surface area contributed by atoms with E-state index < -0.39 is 0 Å². The number of nitrogens with one attached hydrogen (secondary N) is 1. The van der Waals surface area contributed by atoms with Gasteiger partial charge in [0.2, 0.25) is 0 Å². The first kappa shape index (κ1) is 17.2. The molecule has 2 nitrogen and oxygen atoms in total. The molecule has 0 saturated heterocycles. The van der Waals surface area contributed by atoms with Crippen molar-refractivity contribution < 1.29 is 0 Å². The van der Waals surface area contributed by atoms with Crippen molar-refractivity contribution in [1.82, 2.24) is 5.32 Å². The minimum absolute atomic E-state index is 0.259. The standard InChI is InChI=1S/C18H32N2/c1-12(2)17(13(3)4)11-20-18(10-19)16-9-7-8-14(5)15(16)6/h7-9,12-13,17-18,20H,10-11,19H2,1-6H3. The first-order chi connectivity index (χ1) is 9.38. The summed E-state index contributed by atoms with van der Waals surface area (Å²) >= 11 is 0. The van der Waals surface area contributed by atoms with E-state index in [2.05, 4.69) is 65.1 Å². The summed E-state index contributed by atoms with van der Waals surface area (Å²) in [6, 6.07) is 6.75. The Morgan fingerprint density at radius 2 is 1.65 bits per heavy atom. The van der Waals surface area contributed by atoms with Gasteiger partial charge in [-0.25, -0.2) is 0 Å². The van der Waals surface area contributed by atoms with Crippen LogP contribution < -0.4 is 11.1 Å². The Kier molecular flexibility index (Phi) is 6.70. The molecule has 114 valence electrons. The van der Waals surface area contributed by atoms with Gasteiger partial charge in [0, 0.05) is 12.6 Å². The SMILES string of the molecule is Cc1cccc(C(CN)NCC(C(C)C)C(C)C)c1C. The molecule has 0 aliphatic rings. The number of hydrogen-bond acceptors (Lipinski definition) is 2. The summed E-state index contributed by atoms with van der Waals surface area (Å²) in [4.78, 5) is 0. The van der Waals surface area contributed by atoms with Crippen LogP contribution in [0.5, 0.6) is 0 Å². The fraction of sp³-hybridized carbons (Fsp3) is 0.667. The van der Waals surface area contributed by atoms with Crippen LogP contribution in [0.4, 0.5) is 0 Å². The molecule has 0 bridgehead atoms. The maximum absolute atomic E-state index is 6.00. The first-order valence-corrected chi connectivity index (χ1v) is 7.88. The normalized spacial score (nSPS) is 13.5. The van der Waals surface area contributed by atoms with E-state index in [1.165, 1.54) is 16.7 Å². The van der Waals surface area contributed by atoms with Crippen molar-refractivity contribution in [3.63, 3.8) is 0 Å². The number of hydrogen-bond donors (Lipinski definition) is 2. The van der Waals surface area contributed by atoms with Crippen LogP contribution in [0.2, 0.25) is 0 Å². The highest BCUT2D eigenvalue weighted by Gasteiger charge is 2.20. The van der Waals surface area contributed by atoms with Gasteiger partial charge >= 0.3 is 0 Å². The van der Waals surface area contributed by atoms with Gasteiger partial charge in [-0.15, -0.1) is 0 Å². The fourth-order valence-electron chi connectivity index (χ4n) is 2.99. The van der Waals surface area contributed by atoms with Crippen LogP contribution in [0.1, 0.15) is 50.4 Å². The lowest BCUT2D eigenvalue weighted by atomic mass is 9.85. The molecule has 0 radical (unpaired) electrons. The molecule has 0 spiro atoms. The Hall–Kier alpha value is -0.860. The van der Waals surface area contributed by atoms with E-state index in [1.807, 2.05) is 0 Å². The third-order valence-corrected chi connectivity index (χ3v) is 4.57. The van der Waals surface area contributed by atoms with Crippen LogP contribution in [-0.4, -0.2) is 13.1 Å². The van der Waals surface area contributed by atoms with E-state index in [0.29, 0.717) is 24.3 Å². The lowest BCUT2D eigenvalue weighted by Crippen LogP contribution is -2.36.